The minimum Gasteiger partial charge on any atom is -0.480 e. The lowest BCUT2D eigenvalue weighted by molar-refractivity contribution is -0.135. The number of aliphatic carboxylic acids is 1. The van der Waals surface area contributed by atoms with Gasteiger partial charge < -0.3 is 15.3 Å². The average molecular weight is 282 g/mol. The SMILES string of the molecule is N#CCNC(=O)CN(CC(=O)O)c1ccc(Cl)cc1. The van der Waals surface area contributed by atoms with E-state index < -0.39 is 11.9 Å². The molecule has 0 saturated carbocycles. The highest BCUT2D eigenvalue weighted by Crippen LogP contribution is 2.17. The quantitative estimate of drug-likeness (QED) is 0.755. The molecule has 0 saturated heterocycles. The number of nitrogens with one attached hydrogen (secondary N) is 1. The monoisotopic (exact) mass is 281 g/mol. The molecule has 0 aliphatic heterocycles. The number of carboxylic acids is 1. The number of nitriles is 1. The number of benzene rings is 1. The fraction of sp³-hybridized carbons (Fsp3) is 0.250. The van der Waals surface area contributed by atoms with E-state index in [2.05, 4.69) is 5.32 Å². The number of halogens is 1. The molecule has 0 aliphatic rings. The van der Waals surface area contributed by atoms with Gasteiger partial charge in [0.05, 0.1) is 12.6 Å². The van der Waals surface area contributed by atoms with E-state index in [-0.39, 0.29) is 19.6 Å². The lowest BCUT2D eigenvalue weighted by Crippen LogP contribution is -2.40. The Hall–Kier alpha value is -2.26. The first-order valence-electron chi connectivity index (χ1n) is 5.39. The Bertz CT molecular complexity index is 496. The number of hydrogen-bond donors (Lipinski definition) is 2. The van der Waals surface area contributed by atoms with Crippen LogP contribution in [0.25, 0.3) is 0 Å². The first-order valence-corrected chi connectivity index (χ1v) is 5.76. The zero-order chi connectivity index (χ0) is 14.3. The van der Waals surface area contributed by atoms with Gasteiger partial charge in [0.25, 0.3) is 0 Å². The van der Waals surface area contributed by atoms with E-state index in [4.69, 9.17) is 22.0 Å². The summed E-state index contributed by atoms with van der Waals surface area (Å²) in [5.41, 5.74) is 0.568. The molecule has 1 rings (SSSR count). The fourth-order valence-corrected chi connectivity index (χ4v) is 1.55. The molecule has 6 nitrogen and oxygen atoms in total. The van der Waals surface area contributed by atoms with Gasteiger partial charge >= 0.3 is 5.97 Å². The van der Waals surface area contributed by atoms with Crippen LogP contribution in [-0.2, 0) is 9.59 Å². The first kappa shape index (κ1) is 14.8. The number of hydrogen-bond acceptors (Lipinski definition) is 4. The van der Waals surface area contributed by atoms with Gasteiger partial charge in [0.1, 0.15) is 13.1 Å². The van der Waals surface area contributed by atoms with Crippen LogP contribution < -0.4 is 10.2 Å². The molecule has 19 heavy (non-hydrogen) atoms. The topological polar surface area (TPSA) is 93.4 Å². The summed E-state index contributed by atoms with van der Waals surface area (Å²) in [6, 6.07) is 8.25. The molecule has 100 valence electrons. The Labute approximate surface area is 115 Å². The smallest absolute Gasteiger partial charge is 0.323 e. The normalized spacial score (nSPS) is 9.47. The summed E-state index contributed by atoms with van der Waals surface area (Å²) >= 11 is 5.75. The van der Waals surface area contributed by atoms with Crippen molar-refractivity contribution in [1.29, 1.82) is 5.26 Å². The van der Waals surface area contributed by atoms with Crippen LogP contribution in [0.3, 0.4) is 0 Å². The van der Waals surface area contributed by atoms with Crippen LogP contribution in [0.1, 0.15) is 0 Å². The third-order valence-electron chi connectivity index (χ3n) is 2.22. The second kappa shape index (κ2) is 7.24. The maximum absolute atomic E-state index is 11.5. The second-order valence-electron chi connectivity index (χ2n) is 3.66. The van der Waals surface area contributed by atoms with Crippen molar-refractivity contribution in [3.05, 3.63) is 29.3 Å². The predicted molar refractivity (Wildman–Crippen MR) is 69.9 cm³/mol. The Balaban J connectivity index is 2.77. The molecule has 0 aromatic heterocycles. The van der Waals surface area contributed by atoms with Gasteiger partial charge in [-0.25, -0.2) is 0 Å². The molecule has 0 fully saturated rings. The van der Waals surface area contributed by atoms with E-state index >= 15 is 0 Å². The van der Waals surface area contributed by atoms with Gasteiger partial charge in [0.2, 0.25) is 5.91 Å². The summed E-state index contributed by atoms with van der Waals surface area (Å²) in [5.74, 6) is -1.47. The van der Waals surface area contributed by atoms with Crippen LogP contribution in [0.2, 0.25) is 5.02 Å². The number of rotatable bonds is 6. The standard InChI is InChI=1S/C12H12ClN3O3/c13-9-1-3-10(4-2-9)16(8-12(18)19)7-11(17)15-6-5-14/h1-4H,6-8H2,(H,15,17)(H,18,19). The van der Waals surface area contributed by atoms with Crippen molar-refractivity contribution in [3.63, 3.8) is 0 Å². The third kappa shape index (κ3) is 5.27. The van der Waals surface area contributed by atoms with Crippen LogP contribution in [-0.4, -0.2) is 36.6 Å². The van der Waals surface area contributed by atoms with Crippen molar-refractivity contribution >= 4 is 29.2 Å². The molecular formula is C12H12ClN3O3. The summed E-state index contributed by atoms with van der Waals surface area (Å²) in [7, 11) is 0. The van der Waals surface area contributed by atoms with Crippen molar-refractivity contribution in [2.45, 2.75) is 0 Å². The number of nitrogens with zero attached hydrogens (tertiary/aromatic N) is 2. The zero-order valence-corrected chi connectivity index (χ0v) is 10.7. The molecular weight excluding hydrogens is 270 g/mol. The van der Waals surface area contributed by atoms with Crippen LogP contribution in [0, 0.1) is 11.3 Å². The van der Waals surface area contributed by atoms with Crippen LogP contribution >= 0.6 is 11.6 Å². The van der Waals surface area contributed by atoms with Crippen LogP contribution in [0.5, 0.6) is 0 Å². The van der Waals surface area contributed by atoms with E-state index in [1.54, 1.807) is 30.3 Å². The van der Waals surface area contributed by atoms with Crippen LogP contribution in [0.15, 0.2) is 24.3 Å². The molecule has 0 aliphatic carbocycles. The molecule has 2 N–H and O–H groups in total. The second-order valence-corrected chi connectivity index (χ2v) is 4.10. The number of amides is 1. The molecule has 1 amide bonds. The largest absolute Gasteiger partial charge is 0.480 e. The summed E-state index contributed by atoms with van der Waals surface area (Å²) in [6.45, 7) is -0.572. The van der Waals surface area contributed by atoms with Crippen molar-refractivity contribution < 1.29 is 14.7 Å². The zero-order valence-electron chi connectivity index (χ0n) is 9.97. The Morgan fingerprint density at radius 1 is 1.32 bits per heavy atom. The predicted octanol–water partition coefficient (Wildman–Crippen LogP) is 0.871. The highest BCUT2D eigenvalue weighted by atomic mass is 35.5. The number of carboxylic acid groups (broad SMARTS) is 1. The minimum atomic E-state index is -1.05. The Morgan fingerprint density at radius 2 is 1.95 bits per heavy atom. The molecule has 0 radical (unpaired) electrons. The van der Waals surface area contributed by atoms with Crippen molar-refractivity contribution in [3.8, 4) is 6.07 Å². The van der Waals surface area contributed by atoms with E-state index in [0.717, 1.165) is 0 Å². The van der Waals surface area contributed by atoms with Crippen molar-refractivity contribution in [1.82, 2.24) is 5.32 Å². The van der Waals surface area contributed by atoms with Crippen molar-refractivity contribution in [2.75, 3.05) is 24.5 Å². The van der Waals surface area contributed by atoms with Crippen molar-refractivity contribution in [2.24, 2.45) is 0 Å². The molecule has 0 bridgehead atoms. The Kier molecular flexibility index (Phi) is 5.64. The van der Waals surface area contributed by atoms with Gasteiger partial charge in [-0.15, -0.1) is 0 Å². The van der Waals surface area contributed by atoms with Gasteiger partial charge in [-0.1, -0.05) is 11.6 Å². The van der Waals surface area contributed by atoms with Gasteiger partial charge in [0, 0.05) is 10.7 Å². The molecule has 1 aromatic rings. The fourth-order valence-electron chi connectivity index (χ4n) is 1.42. The maximum atomic E-state index is 11.5. The van der Waals surface area contributed by atoms with E-state index in [1.807, 2.05) is 0 Å². The molecule has 0 heterocycles. The molecule has 0 unspecified atom stereocenters. The molecule has 1 aromatic carbocycles. The lowest BCUT2D eigenvalue weighted by Gasteiger charge is -2.22. The molecule has 0 spiro atoms. The highest BCUT2D eigenvalue weighted by Gasteiger charge is 2.14. The van der Waals surface area contributed by atoms with Crippen LogP contribution in [0.4, 0.5) is 5.69 Å². The average Bonchev–Trinajstić information content (AvgIpc) is 2.36. The van der Waals surface area contributed by atoms with Gasteiger partial charge in [-0.05, 0) is 24.3 Å². The molecule has 0 atom stereocenters. The Morgan fingerprint density at radius 3 is 2.47 bits per heavy atom. The van der Waals surface area contributed by atoms with E-state index in [1.165, 1.54) is 4.90 Å². The first-order chi connectivity index (χ1) is 9.02. The van der Waals surface area contributed by atoms with Gasteiger partial charge in [-0.2, -0.15) is 5.26 Å². The summed E-state index contributed by atoms with van der Waals surface area (Å²) in [6.07, 6.45) is 0. The summed E-state index contributed by atoms with van der Waals surface area (Å²) in [4.78, 5) is 23.7. The highest BCUT2D eigenvalue weighted by molar-refractivity contribution is 6.30. The van der Waals surface area contributed by atoms with E-state index in [9.17, 15) is 9.59 Å². The van der Waals surface area contributed by atoms with Gasteiger partial charge in [-0.3, -0.25) is 9.59 Å². The number of carbonyl (C=O) groups is 2. The van der Waals surface area contributed by atoms with E-state index in [0.29, 0.717) is 10.7 Å². The lowest BCUT2D eigenvalue weighted by atomic mass is 10.2. The number of anilines is 1. The summed E-state index contributed by atoms with van der Waals surface area (Å²) < 4.78 is 0. The third-order valence-corrected chi connectivity index (χ3v) is 2.47. The summed E-state index contributed by atoms with van der Waals surface area (Å²) in [5, 5.41) is 20.1. The number of carbonyl (C=O) groups excluding carboxylic acids is 1. The maximum Gasteiger partial charge on any atom is 0.323 e. The minimum absolute atomic E-state index is 0.111. The molecule has 7 heteroatoms. The van der Waals surface area contributed by atoms with Gasteiger partial charge in [0.15, 0.2) is 0 Å².